The number of hydrogen-bond donors (Lipinski definition) is 1. The first-order valence-electron chi connectivity index (χ1n) is 9.76. The molecule has 4 rings (SSSR count). The molecule has 1 fully saturated rings. The van der Waals surface area contributed by atoms with E-state index < -0.39 is 48.2 Å². The van der Waals surface area contributed by atoms with Gasteiger partial charge in [-0.1, -0.05) is 6.07 Å². The number of benzene rings is 1. The Morgan fingerprint density at radius 2 is 2.00 bits per heavy atom. The van der Waals surface area contributed by atoms with Crippen molar-refractivity contribution in [2.45, 2.75) is 37.6 Å². The molecule has 0 amide bonds. The molecule has 1 aromatic carbocycles. The summed E-state index contributed by atoms with van der Waals surface area (Å²) in [5.41, 5.74) is 3.69. The van der Waals surface area contributed by atoms with Crippen molar-refractivity contribution in [3.8, 4) is 5.88 Å². The van der Waals surface area contributed by atoms with Crippen LogP contribution in [0.5, 0.6) is 5.88 Å². The SMILES string of the molecule is C[C@]1(c2cc(CC(=O)c3cnc(OCF)cn3)ccc2F)N=C(N)OCC12CC(F)(F)C2. The lowest BCUT2D eigenvalue weighted by molar-refractivity contribution is -0.207. The van der Waals surface area contributed by atoms with Crippen LogP contribution in [0.25, 0.3) is 0 Å². The number of halogens is 4. The zero-order chi connectivity index (χ0) is 23.1. The van der Waals surface area contributed by atoms with Crippen LogP contribution in [0.2, 0.25) is 0 Å². The largest absolute Gasteiger partial charge is 0.465 e. The van der Waals surface area contributed by atoms with Gasteiger partial charge < -0.3 is 15.2 Å². The Morgan fingerprint density at radius 1 is 1.25 bits per heavy atom. The predicted molar refractivity (Wildman–Crippen MR) is 105 cm³/mol. The molecule has 0 bridgehead atoms. The van der Waals surface area contributed by atoms with Crippen molar-refractivity contribution in [3.63, 3.8) is 0 Å². The highest BCUT2D eigenvalue weighted by molar-refractivity contribution is 5.95. The van der Waals surface area contributed by atoms with Gasteiger partial charge in [-0.2, -0.15) is 0 Å². The highest BCUT2D eigenvalue weighted by Crippen LogP contribution is 2.63. The van der Waals surface area contributed by atoms with Crippen LogP contribution in [-0.4, -0.2) is 41.2 Å². The molecule has 0 radical (unpaired) electrons. The van der Waals surface area contributed by atoms with E-state index in [0.717, 1.165) is 12.4 Å². The third-order valence-corrected chi connectivity index (χ3v) is 6.09. The third kappa shape index (κ3) is 3.76. The Bertz CT molecular complexity index is 1070. The van der Waals surface area contributed by atoms with Crippen LogP contribution >= 0.6 is 0 Å². The molecule has 2 heterocycles. The topological polar surface area (TPSA) is 99.7 Å². The molecular formula is C21H20F4N4O3. The molecule has 1 atom stereocenters. The minimum atomic E-state index is -2.90. The van der Waals surface area contributed by atoms with Crippen LogP contribution in [0.1, 0.15) is 41.4 Å². The summed E-state index contributed by atoms with van der Waals surface area (Å²) in [4.78, 5) is 24.5. The van der Waals surface area contributed by atoms with Gasteiger partial charge in [0.15, 0.2) is 5.78 Å². The Morgan fingerprint density at radius 3 is 2.62 bits per heavy atom. The molecule has 0 unspecified atom stereocenters. The number of ketones is 1. The summed E-state index contributed by atoms with van der Waals surface area (Å²) in [6.07, 6.45) is 1.08. The fourth-order valence-electron chi connectivity index (χ4n) is 4.38. The molecule has 11 heteroatoms. The van der Waals surface area contributed by atoms with Crippen molar-refractivity contribution in [2.75, 3.05) is 13.5 Å². The Kier molecular flexibility index (Phi) is 5.30. The molecule has 1 aliphatic heterocycles. The van der Waals surface area contributed by atoms with Crippen LogP contribution in [0.4, 0.5) is 17.6 Å². The van der Waals surface area contributed by atoms with Gasteiger partial charge in [0, 0.05) is 30.2 Å². The quantitative estimate of drug-likeness (QED) is 0.533. The number of nitrogens with two attached hydrogens (primary N) is 1. The van der Waals surface area contributed by atoms with E-state index in [1.807, 2.05) is 0 Å². The van der Waals surface area contributed by atoms with Crippen LogP contribution < -0.4 is 10.5 Å². The van der Waals surface area contributed by atoms with Crippen LogP contribution in [0.15, 0.2) is 35.6 Å². The zero-order valence-corrected chi connectivity index (χ0v) is 17.1. The van der Waals surface area contributed by atoms with Gasteiger partial charge in [0.05, 0.1) is 12.4 Å². The van der Waals surface area contributed by atoms with Crippen molar-refractivity contribution in [1.29, 1.82) is 0 Å². The molecule has 1 saturated carbocycles. The predicted octanol–water partition coefficient (Wildman–Crippen LogP) is 3.32. The lowest BCUT2D eigenvalue weighted by Gasteiger charge is -2.56. The van der Waals surface area contributed by atoms with Crippen molar-refractivity contribution < 1.29 is 31.8 Å². The molecule has 2 aromatic rings. The minimum Gasteiger partial charge on any atom is -0.465 e. The molecule has 7 nitrogen and oxygen atoms in total. The molecule has 1 spiro atoms. The maximum Gasteiger partial charge on any atom is 0.282 e. The van der Waals surface area contributed by atoms with E-state index in [-0.39, 0.29) is 36.2 Å². The number of aliphatic imine (C=N–C) groups is 1. The average molecular weight is 452 g/mol. The Labute approximate surface area is 180 Å². The Hall–Kier alpha value is -3.24. The van der Waals surface area contributed by atoms with Crippen molar-refractivity contribution in [3.05, 3.63) is 53.2 Å². The molecule has 2 N–H and O–H groups in total. The highest BCUT2D eigenvalue weighted by Gasteiger charge is 2.67. The summed E-state index contributed by atoms with van der Waals surface area (Å²) < 4.78 is 64.5. The summed E-state index contributed by atoms with van der Waals surface area (Å²) in [6, 6.07) is 3.81. The number of Topliss-reactive ketones (excluding diaryl/α,β-unsaturated/α-hetero) is 1. The summed E-state index contributed by atoms with van der Waals surface area (Å²) in [6.45, 7) is 0.362. The normalized spacial score (nSPS) is 23.1. The molecule has 170 valence electrons. The fraction of sp³-hybridized carbons (Fsp3) is 0.429. The van der Waals surface area contributed by atoms with E-state index in [1.54, 1.807) is 6.92 Å². The van der Waals surface area contributed by atoms with Crippen molar-refractivity contribution in [2.24, 2.45) is 16.1 Å². The zero-order valence-electron chi connectivity index (χ0n) is 17.1. The van der Waals surface area contributed by atoms with Gasteiger partial charge in [0.2, 0.25) is 18.7 Å². The summed E-state index contributed by atoms with van der Waals surface area (Å²) in [5.74, 6) is -4.04. The van der Waals surface area contributed by atoms with Crippen LogP contribution in [-0.2, 0) is 16.7 Å². The van der Waals surface area contributed by atoms with E-state index in [2.05, 4.69) is 19.7 Å². The first kappa shape index (κ1) is 22.0. The monoisotopic (exact) mass is 452 g/mol. The smallest absolute Gasteiger partial charge is 0.282 e. The lowest BCUT2D eigenvalue weighted by Crippen LogP contribution is -2.62. The van der Waals surface area contributed by atoms with Crippen LogP contribution in [0.3, 0.4) is 0 Å². The van der Waals surface area contributed by atoms with Crippen molar-refractivity contribution in [1.82, 2.24) is 9.97 Å². The number of carbonyl (C=O) groups excluding carboxylic acids is 1. The number of nitrogens with zero attached hydrogens (tertiary/aromatic N) is 3. The second-order valence-electron chi connectivity index (χ2n) is 8.21. The standard InChI is InChI=1S/C21H20F4N4O3/c1-19(20(8-21(24,25)9-20)10-31-18(26)29-19)13-4-12(2-3-14(13)23)5-16(30)15-6-28-17(7-27-15)32-11-22/h2-4,6-7H,5,8-11H2,1H3,(H2,26,29)/t19-/m1/s1. The number of rotatable bonds is 6. The number of hydrogen-bond acceptors (Lipinski definition) is 7. The van der Waals surface area contributed by atoms with E-state index in [1.165, 1.54) is 18.2 Å². The number of amidine groups is 1. The molecule has 0 saturated heterocycles. The minimum absolute atomic E-state index is 0.0109. The number of aromatic nitrogens is 2. The van der Waals surface area contributed by atoms with E-state index in [0.29, 0.717) is 5.56 Å². The van der Waals surface area contributed by atoms with Gasteiger partial charge in [0.25, 0.3) is 6.02 Å². The Balaban J connectivity index is 1.63. The molecule has 1 aromatic heterocycles. The first-order chi connectivity index (χ1) is 15.1. The van der Waals surface area contributed by atoms with Gasteiger partial charge >= 0.3 is 0 Å². The average Bonchev–Trinajstić information content (AvgIpc) is 2.71. The third-order valence-electron chi connectivity index (χ3n) is 6.09. The molecule has 32 heavy (non-hydrogen) atoms. The number of ether oxygens (including phenoxy) is 2. The fourth-order valence-corrected chi connectivity index (χ4v) is 4.38. The summed E-state index contributed by atoms with van der Waals surface area (Å²) >= 11 is 0. The second kappa shape index (κ2) is 7.72. The van der Waals surface area contributed by atoms with Gasteiger partial charge in [-0.05, 0) is 24.6 Å². The van der Waals surface area contributed by atoms with E-state index >= 15 is 0 Å². The molecule has 1 aliphatic carbocycles. The van der Waals surface area contributed by atoms with Crippen LogP contribution in [0, 0.1) is 11.2 Å². The second-order valence-corrected chi connectivity index (χ2v) is 8.21. The first-order valence-corrected chi connectivity index (χ1v) is 9.76. The molecular weight excluding hydrogens is 432 g/mol. The number of carbonyl (C=O) groups is 1. The van der Waals surface area contributed by atoms with E-state index in [9.17, 15) is 22.4 Å². The van der Waals surface area contributed by atoms with Gasteiger partial charge in [-0.3, -0.25) is 4.79 Å². The van der Waals surface area contributed by atoms with E-state index in [4.69, 9.17) is 10.5 Å². The summed E-state index contributed by atoms with van der Waals surface area (Å²) in [5, 5.41) is 0. The highest BCUT2D eigenvalue weighted by atomic mass is 19.3. The van der Waals surface area contributed by atoms with Gasteiger partial charge in [0.1, 0.15) is 23.7 Å². The van der Waals surface area contributed by atoms with Gasteiger partial charge in [-0.25, -0.2) is 32.5 Å². The van der Waals surface area contributed by atoms with Gasteiger partial charge in [-0.15, -0.1) is 0 Å². The van der Waals surface area contributed by atoms with Crippen molar-refractivity contribution >= 4 is 11.8 Å². The lowest BCUT2D eigenvalue weighted by atomic mass is 9.54. The maximum atomic E-state index is 14.9. The summed E-state index contributed by atoms with van der Waals surface area (Å²) in [7, 11) is 0. The molecule has 2 aliphatic rings. The maximum absolute atomic E-state index is 14.9. The number of alkyl halides is 3.